The molecule has 0 aromatic heterocycles. The molecule has 0 radical (unpaired) electrons. The number of allylic oxidation sites excluding steroid dienone is 1. The number of phenols is 2. The van der Waals surface area contributed by atoms with Crippen LogP contribution in [0.2, 0.25) is 0 Å². The molecule has 22 heavy (non-hydrogen) atoms. The van der Waals surface area contributed by atoms with Gasteiger partial charge in [0.15, 0.2) is 23.1 Å². The standard InChI is InChI=1S/C14H12O8/c1-5(15)2-7(16)6-4-22-9-3-8(17)13(19)11(14(20)21)10(9)12(6)18/h2-3,6,16-17,19H,4H2,1H3,(H,20,21)/b7-2-/t6-/m0/s1. The van der Waals surface area contributed by atoms with Crippen LogP contribution in [0.25, 0.3) is 0 Å². The molecule has 0 saturated heterocycles. The Balaban J connectivity index is 2.61. The Bertz CT molecular complexity index is 716. The fourth-order valence-electron chi connectivity index (χ4n) is 2.15. The number of carboxylic acids is 1. The number of rotatable bonds is 3. The van der Waals surface area contributed by atoms with E-state index in [4.69, 9.17) is 9.84 Å². The number of ketones is 2. The molecule has 0 aliphatic carbocycles. The van der Waals surface area contributed by atoms with Crippen molar-refractivity contribution in [3.05, 3.63) is 29.0 Å². The van der Waals surface area contributed by atoms with E-state index in [0.29, 0.717) is 0 Å². The molecule has 1 atom stereocenters. The van der Waals surface area contributed by atoms with Crippen molar-refractivity contribution in [1.29, 1.82) is 0 Å². The minimum Gasteiger partial charge on any atom is -0.511 e. The summed E-state index contributed by atoms with van der Waals surface area (Å²) in [4.78, 5) is 34.6. The summed E-state index contributed by atoms with van der Waals surface area (Å²) in [5.41, 5.74) is -1.29. The van der Waals surface area contributed by atoms with Gasteiger partial charge in [0, 0.05) is 12.1 Å². The van der Waals surface area contributed by atoms with Crippen LogP contribution in [-0.4, -0.2) is 44.6 Å². The lowest BCUT2D eigenvalue weighted by Gasteiger charge is -2.25. The monoisotopic (exact) mass is 308 g/mol. The van der Waals surface area contributed by atoms with Crippen LogP contribution < -0.4 is 4.74 Å². The number of carbonyl (C=O) groups is 3. The van der Waals surface area contributed by atoms with E-state index in [1.165, 1.54) is 6.92 Å². The number of Topliss-reactive ketones (excluding diaryl/α,β-unsaturated/α-hetero) is 1. The van der Waals surface area contributed by atoms with Gasteiger partial charge in [-0.3, -0.25) is 9.59 Å². The molecule has 4 N–H and O–H groups in total. The summed E-state index contributed by atoms with van der Waals surface area (Å²) >= 11 is 0. The summed E-state index contributed by atoms with van der Waals surface area (Å²) in [6, 6.07) is 0.914. The third-order valence-corrected chi connectivity index (χ3v) is 3.13. The van der Waals surface area contributed by atoms with Gasteiger partial charge in [0.25, 0.3) is 0 Å². The highest BCUT2D eigenvalue weighted by atomic mass is 16.5. The maximum absolute atomic E-state index is 12.4. The van der Waals surface area contributed by atoms with E-state index in [1.807, 2.05) is 0 Å². The largest absolute Gasteiger partial charge is 0.511 e. The Morgan fingerprint density at radius 1 is 1.32 bits per heavy atom. The maximum atomic E-state index is 12.4. The third-order valence-electron chi connectivity index (χ3n) is 3.13. The number of aliphatic hydroxyl groups is 1. The fourth-order valence-corrected chi connectivity index (χ4v) is 2.15. The molecular formula is C14H12O8. The molecule has 1 aliphatic rings. The Kier molecular flexibility index (Phi) is 3.77. The van der Waals surface area contributed by atoms with Crippen molar-refractivity contribution in [1.82, 2.24) is 0 Å². The molecule has 1 aromatic carbocycles. The first-order valence-corrected chi connectivity index (χ1v) is 6.14. The van der Waals surface area contributed by atoms with E-state index in [1.54, 1.807) is 0 Å². The number of carboxylic acid groups (broad SMARTS) is 1. The molecule has 1 aromatic rings. The average molecular weight is 308 g/mol. The SMILES string of the molecule is CC(=O)/C=C(\O)[C@@H]1COc2cc(O)c(O)c(C(=O)O)c2C1=O. The Morgan fingerprint density at radius 3 is 2.50 bits per heavy atom. The van der Waals surface area contributed by atoms with E-state index in [9.17, 15) is 29.7 Å². The summed E-state index contributed by atoms with van der Waals surface area (Å²) in [5.74, 6) is -6.73. The van der Waals surface area contributed by atoms with Crippen LogP contribution in [0.15, 0.2) is 17.9 Å². The van der Waals surface area contributed by atoms with Crippen LogP contribution in [-0.2, 0) is 4.79 Å². The van der Waals surface area contributed by atoms with Crippen LogP contribution in [0.3, 0.4) is 0 Å². The number of hydrogen-bond acceptors (Lipinski definition) is 7. The summed E-state index contributed by atoms with van der Waals surface area (Å²) in [7, 11) is 0. The van der Waals surface area contributed by atoms with Gasteiger partial charge in [0.05, 0.1) is 5.56 Å². The van der Waals surface area contributed by atoms with Gasteiger partial charge in [-0.15, -0.1) is 0 Å². The number of ether oxygens (including phenoxy) is 1. The molecule has 0 bridgehead atoms. The zero-order valence-electron chi connectivity index (χ0n) is 11.4. The predicted octanol–water partition coefficient (Wildman–Crippen LogP) is 1.02. The van der Waals surface area contributed by atoms with Crippen molar-refractivity contribution in [3.63, 3.8) is 0 Å². The quantitative estimate of drug-likeness (QED) is 0.368. The molecule has 8 heteroatoms. The normalized spacial score (nSPS) is 17.6. The smallest absolute Gasteiger partial charge is 0.340 e. The molecular weight excluding hydrogens is 296 g/mol. The molecule has 2 rings (SSSR count). The van der Waals surface area contributed by atoms with Gasteiger partial charge in [0.2, 0.25) is 0 Å². The second-order valence-corrected chi connectivity index (χ2v) is 4.71. The van der Waals surface area contributed by atoms with Crippen molar-refractivity contribution >= 4 is 17.5 Å². The van der Waals surface area contributed by atoms with Crippen molar-refractivity contribution in [2.24, 2.45) is 5.92 Å². The van der Waals surface area contributed by atoms with Gasteiger partial charge in [-0.2, -0.15) is 0 Å². The number of fused-ring (bicyclic) bond motifs is 1. The van der Waals surface area contributed by atoms with Gasteiger partial charge in [-0.25, -0.2) is 4.79 Å². The highest BCUT2D eigenvalue weighted by Gasteiger charge is 2.38. The van der Waals surface area contributed by atoms with E-state index >= 15 is 0 Å². The molecule has 1 heterocycles. The predicted molar refractivity (Wildman–Crippen MR) is 71.4 cm³/mol. The summed E-state index contributed by atoms with van der Waals surface area (Å²) in [6.07, 6.45) is 0.831. The van der Waals surface area contributed by atoms with E-state index in [0.717, 1.165) is 12.1 Å². The van der Waals surface area contributed by atoms with E-state index in [-0.39, 0.29) is 12.4 Å². The van der Waals surface area contributed by atoms with E-state index in [2.05, 4.69) is 0 Å². The first-order valence-electron chi connectivity index (χ1n) is 6.14. The average Bonchev–Trinajstić information content (AvgIpc) is 2.39. The number of carbonyl (C=O) groups excluding carboxylic acids is 2. The van der Waals surface area contributed by atoms with Crippen molar-refractivity contribution in [2.45, 2.75) is 6.92 Å². The number of phenolic OH excluding ortho intramolecular Hbond substituents is 1. The van der Waals surface area contributed by atoms with Crippen LogP contribution in [0.4, 0.5) is 0 Å². The Hall–Kier alpha value is -3.03. The highest BCUT2D eigenvalue weighted by Crippen LogP contribution is 2.42. The lowest BCUT2D eigenvalue weighted by molar-refractivity contribution is -0.112. The van der Waals surface area contributed by atoms with Gasteiger partial charge in [0.1, 0.15) is 29.6 Å². The second kappa shape index (κ2) is 5.40. The van der Waals surface area contributed by atoms with Crippen LogP contribution in [0.1, 0.15) is 27.6 Å². The number of aromatic carboxylic acids is 1. The maximum Gasteiger partial charge on any atom is 0.340 e. The van der Waals surface area contributed by atoms with Crippen LogP contribution >= 0.6 is 0 Å². The van der Waals surface area contributed by atoms with Gasteiger partial charge in [-0.1, -0.05) is 0 Å². The summed E-state index contributed by atoms with van der Waals surface area (Å²) in [6.45, 7) is 0.843. The number of aromatic hydroxyl groups is 2. The topological polar surface area (TPSA) is 141 Å². The number of aliphatic hydroxyl groups excluding tert-OH is 1. The molecule has 0 spiro atoms. The van der Waals surface area contributed by atoms with Gasteiger partial charge in [-0.05, 0) is 6.92 Å². The first kappa shape index (κ1) is 15.4. The van der Waals surface area contributed by atoms with Crippen LogP contribution in [0, 0.1) is 5.92 Å². The second-order valence-electron chi connectivity index (χ2n) is 4.71. The zero-order valence-corrected chi connectivity index (χ0v) is 11.4. The minimum atomic E-state index is -1.64. The number of benzene rings is 1. The lowest BCUT2D eigenvalue weighted by Crippen LogP contribution is -2.31. The molecule has 1 aliphatic heterocycles. The summed E-state index contributed by atoms with van der Waals surface area (Å²) in [5, 5.41) is 38.0. The molecule has 0 unspecified atom stereocenters. The van der Waals surface area contributed by atoms with Crippen molar-refractivity contribution in [3.8, 4) is 17.2 Å². The molecule has 8 nitrogen and oxygen atoms in total. The van der Waals surface area contributed by atoms with Crippen molar-refractivity contribution in [2.75, 3.05) is 6.61 Å². The zero-order chi connectivity index (χ0) is 16.6. The Labute approximate surface area is 123 Å². The lowest BCUT2D eigenvalue weighted by atomic mass is 9.89. The van der Waals surface area contributed by atoms with Crippen molar-refractivity contribution < 1.29 is 39.5 Å². The molecule has 0 fully saturated rings. The van der Waals surface area contributed by atoms with Gasteiger partial charge >= 0.3 is 5.97 Å². The van der Waals surface area contributed by atoms with Gasteiger partial charge < -0.3 is 25.2 Å². The van der Waals surface area contributed by atoms with Crippen LogP contribution in [0.5, 0.6) is 17.2 Å². The fraction of sp³-hybridized carbons (Fsp3) is 0.214. The molecule has 116 valence electrons. The third kappa shape index (κ3) is 2.46. The Morgan fingerprint density at radius 2 is 1.95 bits per heavy atom. The number of hydrogen-bond donors (Lipinski definition) is 4. The summed E-state index contributed by atoms with van der Waals surface area (Å²) < 4.78 is 5.17. The molecule has 0 amide bonds. The van der Waals surface area contributed by atoms with E-state index < -0.39 is 51.8 Å². The minimum absolute atomic E-state index is 0.218. The first-order chi connectivity index (χ1) is 10.2. The molecule has 0 saturated carbocycles. The highest BCUT2D eigenvalue weighted by molar-refractivity contribution is 6.12.